The van der Waals surface area contributed by atoms with E-state index in [0.29, 0.717) is 44.9 Å². The highest BCUT2D eigenvalue weighted by Gasteiger charge is 2.30. The highest BCUT2D eigenvalue weighted by Crippen LogP contribution is 2.22. The van der Waals surface area contributed by atoms with Crippen LogP contribution in [0.4, 0.5) is 13.6 Å². The summed E-state index contributed by atoms with van der Waals surface area (Å²) in [4.78, 5) is 26.0. The Morgan fingerprint density at radius 2 is 1.78 bits per heavy atom. The van der Waals surface area contributed by atoms with Crippen molar-refractivity contribution in [3.8, 4) is 5.75 Å². The van der Waals surface area contributed by atoms with Gasteiger partial charge in [0.05, 0.1) is 0 Å². The molecule has 0 unspecified atom stereocenters. The monoisotopic (exact) mass is 381 g/mol. The zero-order chi connectivity index (χ0) is 19.2. The standard InChI is InChI=1S/C19H25F2N3O3/c20-18(21)27-16-5-1-13(2-6-16)7-10-22-19(26)24-11-8-14(9-12-24)17(25)23-15-3-4-15/h1-2,5-6,14-15,18H,3-4,7-12H2,(H,22,26)(H,23,25). The number of alkyl halides is 2. The Bertz CT molecular complexity index is 642. The maximum Gasteiger partial charge on any atom is 0.387 e. The summed E-state index contributed by atoms with van der Waals surface area (Å²) in [6.07, 6.45) is 4.14. The van der Waals surface area contributed by atoms with Crippen molar-refractivity contribution in [2.75, 3.05) is 19.6 Å². The molecule has 148 valence electrons. The van der Waals surface area contributed by atoms with Gasteiger partial charge in [-0.15, -0.1) is 0 Å². The normalized spacial score (nSPS) is 17.7. The van der Waals surface area contributed by atoms with Crippen LogP contribution in [-0.4, -0.2) is 49.1 Å². The molecular formula is C19H25F2N3O3. The summed E-state index contributed by atoms with van der Waals surface area (Å²) in [7, 11) is 0. The van der Waals surface area contributed by atoms with Crippen LogP contribution in [0, 0.1) is 5.92 Å². The van der Waals surface area contributed by atoms with Crippen LogP contribution < -0.4 is 15.4 Å². The highest BCUT2D eigenvalue weighted by molar-refractivity contribution is 5.80. The number of halogens is 2. The van der Waals surface area contributed by atoms with Gasteiger partial charge in [0.25, 0.3) is 0 Å². The molecule has 1 saturated carbocycles. The topological polar surface area (TPSA) is 70.7 Å². The predicted octanol–water partition coefficient (Wildman–Crippen LogP) is 2.53. The third-order valence-corrected chi connectivity index (χ3v) is 4.92. The van der Waals surface area contributed by atoms with Crippen LogP contribution in [0.3, 0.4) is 0 Å². The van der Waals surface area contributed by atoms with Crippen LogP contribution in [0.5, 0.6) is 5.75 Å². The number of carbonyl (C=O) groups excluding carboxylic acids is 2. The fraction of sp³-hybridized carbons (Fsp3) is 0.579. The van der Waals surface area contributed by atoms with Gasteiger partial charge < -0.3 is 20.3 Å². The van der Waals surface area contributed by atoms with Gasteiger partial charge in [0.15, 0.2) is 0 Å². The van der Waals surface area contributed by atoms with Gasteiger partial charge in [-0.1, -0.05) is 12.1 Å². The summed E-state index contributed by atoms with van der Waals surface area (Å²) in [5, 5.41) is 5.89. The zero-order valence-electron chi connectivity index (χ0n) is 15.1. The number of hydrogen-bond donors (Lipinski definition) is 2. The quantitative estimate of drug-likeness (QED) is 0.763. The first-order valence-electron chi connectivity index (χ1n) is 9.38. The largest absolute Gasteiger partial charge is 0.435 e. The van der Waals surface area contributed by atoms with E-state index in [1.165, 1.54) is 12.1 Å². The van der Waals surface area contributed by atoms with E-state index in [0.717, 1.165) is 18.4 Å². The molecule has 8 heteroatoms. The Balaban J connectivity index is 1.34. The number of rotatable bonds is 7. The molecule has 27 heavy (non-hydrogen) atoms. The Labute approximate surface area is 157 Å². The van der Waals surface area contributed by atoms with E-state index < -0.39 is 6.61 Å². The van der Waals surface area contributed by atoms with Crippen LogP contribution in [-0.2, 0) is 11.2 Å². The lowest BCUT2D eigenvalue weighted by molar-refractivity contribution is -0.126. The van der Waals surface area contributed by atoms with Gasteiger partial charge in [0, 0.05) is 31.6 Å². The van der Waals surface area contributed by atoms with Crippen LogP contribution in [0.25, 0.3) is 0 Å². The number of hydrogen-bond acceptors (Lipinski definition) is 3. The molecule has 0 bridgehead atoms. The van der Waals surface area contributed by atoms with Gasteiger partial charge in [-0.3, -0.25) is 4.79 Å². The van der Waals surface area contributed by atoms with E-state index in [-0.39, 0.29) is 23.6 Å². The van der Waals surface area contributed by atoms with E-state index >= 15 is 0 Å². The lowest BCUT2D eigenvalue weighted by atomic mass is 9.96. The molecule has 1 aromatic rings. The number of benzene rings is 1. The summed E-state index contributed by atoms with van der Waals surface area (Å²) in [6, 6.07) is 6.62. The summed E-state index contributed by atoms with van der Waals surface area (Å²) in [6.45, 7) is -1.22. The second-order valence-electron chi connectivity index (χ2n) is 7.05. The van der Waals surface area contributed by atoms with Gasteiger partial charge in [0.1, 0.15) is 5.75 Å². The smallest absolute Gasteiger partial charge is 0.387 e. The second-order valence-corrected chi connectivity index (χ2v) is 7.05. The van der Waals surface area contributed by atoms with Gasteiger partial charge >= 0.3 is 12.6 Å². The molecule has 1 aliphatic heterocycles. The van der Waals surface area contributed by atoms with Crippen LogP contribution in [0.1, 0.15) is 31.2 Å². The number of piperidine rings is 1. The first-order valence-corrected chi connectivity index (χ1v) is 9.38. The summed E-state index contributed by atoms with van der Waals surface area (Å²) in [5.41, 5.74) is 0.923. The Morgan fingerprint density at radius 3 is 2.37 bits per heavy atom. The van der Waals surface area contributed by atoms with Crippen molar-refractivity contribution in [2.45, 2.75) is 44.8 Å². The van der Waals surface area contributed by atoms with Gasteiger partial charge in [-0.25, -0.2) is 4.79 Å². The molecule has 0 radical (unpaired) electrons. The third kappa shape index (κ3) is 6.08. The van der Waals surface area contributed by atoms with Gasteiger partial charge in [-0.2, -0.15) is 8.78 Å². The first-order chi connectivity index (χ1) is 13.0. The molecule has 0 spiro atoms. The molecule has 3 amide bonds. The van der Waals surface area contributed by atoms with Crippen LogP contribution in [0.15, 0.2) is 24.3 Å². The number of urea groups is 1. The lowest BCUT2D eigenvalue weighted by Gasteiger charge is -2.31. The summed E-state index contributed by atoms with van der Waals surface area (Å²) >= 11 is 0. The van der Waals surface area contributed by atoms with Crippen LogP contribution in [0.2, 0.25) is 0 Å². The summed E-state index contributed by atoms with van der Waals surface area (Å²) in [5.74, 6) is 0.242. The minimum atomic E-state index is -2.83. The molecule has 6 nitrogen and oxygen atoms in total. The van der Waals surface area contributed by atoms with Crippen molar-refractivity contribution in [3.63, 3.8) is 0 Å². The van der Waals surface area contributed by atoms with E-state index in [9.17, 15) is 18.4 Å². The molecule has 2 N–H and O–H groups in total. The van der Waals surface area contributed by atoms with Crippen molar-refractivity contribution in [1.29, 1.82) is 0 Å². The Kier molecular flexibility index (Phi) is 6.47. The molecule has 0 aromatic heterocycles. The molecular weight excluding hydrogens is 356 g/mol. The Morgan fingerprint density at radius 1 is 1.11 bits per heavy atom. The number of nitrogens with one attached hydrogen (secondary N) is 2. The average Bonchev–Trinajstić information content (AvgIpc) is 3.47. The Hall–Kier alpha value is -2.38. The van der Waals surface area contributed by atoms with E-state index in [2.05, 4.69) is 15.4 Å². The van der Waals surface area contributed by atoms with E-state index in [4.69, 9.17) is 0 Å². The molecule has 2 aliphatic rings. The fourth-order valence-electron chi connectivity index (χ4n) is 3.15. The van der Waals surface area contributed by atoms with Gasteiger partial charge in [0.2, 0.25) is 5.91 Å². The van der Waals surface area contributed by atoms with Crippen molar-refractivity contribution < 1.29 is 23.1 Å². The number of carbonyl (C=O) groups is 2. The average molecular weight is 381 g/mol. The fourth-order valence-corrected chi connectivity index (χ4v) is 3.15. The molecule has 1 saturated heterocycles. The highest BCUT2D eigenvalue weighted by atomic mass is 19.3. The first kappa shape index (κ1) is 19.4. The number of amides is 3. The number of likely N-dealkylation sites (tertiary alicyclic amines) is 1. The third-order valence-electron chi connectivity index (χ3n) is 4.92. The van der Waals surface area contributed by atoms with Gasteiger partial charge in [-0.05, 0) is 49.8 Å². The molecule has 1 aliphatic carbocycles. The SMILES string of the molecule is O=C(NC1CC1)C1CCN(C(=O)NCCc2ccc(OC(F)F)cc2)CC1. The van der Waals surface area contributed by atoms with E-state index in [1.54, 1.807) is 17.0 Å². The molecule has 3 rings (SSSR count). The van der Waals surface area contributed by atoms with Crippen LogP contribution >= 0.6 is 0 Å². The predicted molar refractivity (Wildman–Crippen MR) is 95.6 cm³/mol. The van der Waals surface area contributed by atoms with Crippen molar-refractivity contribution in [2.24, 2.45) is 5.92 Å². The molecule has 2 fully saturated rings. The zero-order valence-corrected chi connectivity index (χ0v) is 15.1. The van der Waals surface area contributed by atoms with Crippen molar-refractivity contribution in [1.82, 2.24) is 15.5 Å². The van der Waals surface area contributed by atoms with Crippen molar-refractivity contribution >= 4 is 11.9 Å². The molecule has 1 aromatic carbocycles. The lowest BCUT2D eigenvalue weighted by Crippen LogP contribution is -2.47. The van der Waals surface area contributed by atoms with E-state index in [1.807, 2.05) is 0 Å². The second kappa shape index (κ2) is 9.01. The number of ether oxygens (including phenoxy) is 1. The maximum atomic E-state index is 12.2. The summed E-state index contributed by atoms with van der Waals surface area (Å²) < 4.78 is 28.5. The molecule has 0 atom stereocenters. The number of nitrogens with zero attached hydrogens (tertiary/aromatic N) is 1. The maximum absolute atomic E-state index is 12.2. The molecule has 1 heterocycles. The minimum absolute atomic E-state index is 0.00335. The minimum Gasteiger partial charge on any atom is -0.435 e. The van der Waals surface area contributed by atoms with Crippen molar-refractivity contribution in [3.05, 3.63) is 29.8 Å².